The van der Waals surface area contributed by atoms with Gasteiger partial charge < -0.3 is 15.1 Å². The van der Waals surface area contributed by atoms with E-state index in [1.165, 1.54) is 25.3 Å². The third-order valence-corrected chi connectivity index (χ3v) is 6.96. The van der Waals surface area contributed by atoms with Crippen LogP contribution in [0.1, 0.15) is 50.0 Å². The summed E-state index contributed by atoms with van der Waals surface area (Å²) in [6.07, 6.45) is 6.74. The number of urea groups is 1. The summed E-state index contributed by atoms with van der Waals surface area (Å²) in [5.41, 5.74) is 0.946. The monoisotopic (exact) mass is 359 g/mol. The number of benzene rings is 1. The minimum absolute atomic E-state index is 0.0956. The van der Waals surface area contributed by atoms with Crippen molar-refractivity contribution in [2.24, 2.45) is 5.92 Å². The molecule has 4 rings (SSSR count). The fourth-order valence-corrected chi connectivity index (χ4v) is 5.22. The van der Waals surface area contributed by atoms with E-state index in [0.29, 0.717) is 12.0 Å². The van der Waals surface area contributed by atoms with Gasteiger partial charge in [0.2, 0.25) is 0 Å². The molecule has 1 heterocycles. The first kappa shape index (κ1) is 17.8. The Bertz CT molecular complexity index is 675. The van der Waals surface area contributed by atoms with Crippen molar-refractivity contribution in [3.8, 4) is 0 Å². The number of carbonyl (C=O) groups excluding carboxylic acids is 1. The van der Waals surface area contributed by atoms with E-state index >= 15 is 0 Å². The van der Waals surface area contributed by atoms with Crippen LogP contribution in [0.2, 0.25) is 0 Å². The summed E-state index contributed by atoms with van der Waals surface area (Å²) in [5, 5.41) is 3.11. The number of nitrogens with zero attached hydrogens (tertiary/aromatic N) is 2. The zero-order chi connectivity index (χ0) is 18.3. The first-order valence-electron chi connectivity index (χ1n) is 9.96. The molecule has 2 saturated carbocycles. The van der Waals surface area contributed by atoms with Crippen molar-refractivity contribution in [1.82, 2.24) is 15.1 Å². The van der Waals surface area contributed by atoms with Crippen molar-refractivity contribution in [2.75, 3.05) is 27.2 Å². The van der Waals surface area contributed by atoms with Crippen LogP contribution in [0.15, 0.2) is 24.3 Å². The smallest absolute Gasteiger partial charge is 0.318 e. The van der Waals surface area contributed by atoms with Gasteiger partial charge in [-0.05, 0) is 69.8 Å². The molecule has 142 valence electrons. The van der Waals surface area contributed by atoms with Crippen LogP contribution in [-0.2, 0) is 0 Å². The van der Waals surface area contributed by atoms with Gasteiger partial charge in [-0.25, -0.2) is 9.18 Å². The molecule has 0 bridgehead atoms. The van der Waals surface area contributed by atoms with Gasteiger partial charge in [0, 0.05) is 25.0 Å². The summed E-state index contributed by atoms with van der Waals surface area (Å²) < 4.78 is 13.9. The van der Waals surface area contributed by atoms with Crippen LogP contribution < -0.4 is 5.32 Å². The first-order chi connectivity index (χ1) is 12.5. The minimum atomic E-state index is -0.174. The van der Waals surface area contributed by atoms with E-state index in [-0.39, 0.29) is 23.3 Å². The lowest BCUT2D eigenvalue weighted by Crippen LogP contribution is -2.55. The molecule has 1 aromatic rings. The largest absolute Gasteiger partial charge is 0.336 e. The van der Waals surface area contributed by atoms with E-state index in [2.05, 4.69) is 29.2 Å². The number of nitrogens with one attached hydrogen (secondary N) is 1. The molecule has 1 N–H and O–H groups in total. The number of rotatable bonds is 4. The molecule has 5 heteroatoms. The minimum Gasteiger partial charge on any atom is -0.336 e. The molecule has 0 radical (unpaired) electrons. The van der Waals surface area contributed by atoms with Gasteiger partial charge >= 0.3 is 6.03 Å². The van der Waals surface area contributed by atoms with Crippen molar-refractivity contribution in [1.29, 1.82) is 0 Å². The highest BCUT2D eigenvalue weighted by Gasteiger charge is 2.51. The van der Waals surface area contributed by atoms with E-state index in [1.54, 1.807) is 6.07 Å². The fourth-order valence-electron chi connectivity index (χ4n) is 5.22. The quantitative estimate of drug-likeness (QED) is 0.892. The van der Waals surface area contributed by atoms with E-state index in [1.807, 2.05) is 12.1 Å². The maximum absolute atomic E-state index is 13.9. The number of likely N-dealkylation sites (N-methyl/N-ethyl adjacent to an activating group) is 1. The van der Waals surface area contributed by atoms with Gasteiger partial charge in [0.15, 0.2) is 0 Å². The van der Waals surface area contributed by atoms with Crippen LogP contribution in [0.3, 0.4) is 0 Å². The molecular weight excluding hydrogens is 329 g/mol. The van der Waals surface area contributed by atoms with Gasteiger partial charge in [-0.1, -0.05) is 18.6 Å². The van der Waals surface area contributed by atoms with E-state index in [9.17, 15) is 9.18 Å². The molecule has 1 aromatic carbocycles. The number of carbonyl (C=O) groups is 1. The van der Waals surface area contributed by atoms with Crippen molar-refractivity contribution in [3.05, 3.63) is 35.6 Å². The molecule has 1 spiro atoms. The summed E-state index contributed by atoms with van der Waals surface area (Å²) in [4.78, 5) is 17.0. The van der Waals surface area contributed by atoms with Crippen molar-refractivity contribution >= 4 is 6.03 Å². The van der Waals surface area contributed by atoms with Gasteiger partial charge in [-0.2, -0.15) is 0 Å². The first-order valence-corrected chi connectivity index (χ1v) is 9.96. The zero-order valence-electron chi connectivity index (χ0n) is 15.9. The molecule has 2 amide bonds. The molecular formula is C21H30FN3O. The van der Waals surface area contributed by atoms with E-state index < -0.39 is 0 Å². The van der Waals surface area contributed by atoms with Crippen LogP contribution in [0.25, 0.3) is 0 Å². The van der Waals surface area contributed by atoms with E-state index in [4.69, 9.17) is 0 Å². The Morgan fingerprint density at radius 2 is 2.12 bits per heavy atom. The Labute approximate surface area is 155 Å². The second-order valence-corrected chi connectivity index (χ2v) is 8.73. The topological polar surface area (TPSA) is 35.6 Å². The highest BCUT2D eigenvalue weighted by Crippen LogP contribution is 2.46. The molecule has 26 heavy (non-hydrogen) atoms. The van der Waals surface area contributed by atoms with Gasteiger partial charge in [0.25, 0.3) is 0 Å². The Hall–Kier alpha value is -1.62. The Morgan fingerprint density at radius 3 is 2.77 bits per heavy atom. The van der Waals surface area contributed by atoms with E-state index in [0.717, 1.165) is 37.9 Å². The molecule has 1 saturated heterocycles. The molecule has 3 atom stereocenters. The van der Waals surface area contributed by atoms with Crippen LogP contribution >= 0.6 is 0 Å². The summed E-state index contributed by atoms with van der Waals surface area (Å²) in [7, 11) is 4.22. The lowest BCUT2D eigenvalue weighted by molar-refractivity contribution is 0.0529. The van der Waals surface area contributed by atoms with Gasteiger partial charge in [-0.3, -0.25) is 0 Å². The van der Waals surface area contributed by atoms with Gasteiger partial charge in [-0.15, -0.1) is 0 Å². The fraction of sp³-hybridized carbons (Fsp3) is 0.667. The van der Waals surface area contributed by atoms with Crippen molar-refractivity contribution in [2.45, 2.75) is 56.0 Å². The summed E-state index contributed by atoms with van der Waals surface area (Å²) >= 11 is 0. The number of amides is 2. The Morgan fingerprint density at radius 1 is 1.31 bits per heavy atom. The molecule has 2 aliphatic carbocycles. The molecule has 0 aromatic heterocycles. The standard InChI is InChI=1S/C21H30FN3O/c1-24(2)19-9-10-21(12-18(19)16-7-4-8-17(22)11-16)14-23-20(26)25(21)13-15-5-3-6-15/h4,7-8,11,15,18-19H,3,5-6,9-10,12-14H2,1-2H3,(H,23,26)/t18?,19-,21+/m1/s1. The highest BCUT2D eigenvalue weighted by atomic mass is 19.1. The normalized spacial score (nSPS) is 32.2. The molecule has 4 nitrogen and oxygen atoms in total. The van der Waals surface area contributed by atoms with Crippen LogP contribution in [0.4, 0.5) is 9.18 Å². The van der Waals surface area contributed by atoms with Crippen LogP contribution in [-0.4, -0.2) is 54.6 Å². The number of hydrogen-bond donors (Lipinski definition) is 1. The molecule has 1 unspecified atom stereocenters. The van der Waals surface area contributed by atoms with Crippen molar-refractivity contribution in [3.63, 3.8) is 0 Å². The summed E-state index contributed by atoms with van der Waals surface area (Å²) in [6.45, 7) is 1.61. The molecule has 1 aliphatic heterocycles. The number of halogens is 1. The second-order valence-electron chi connectivity index (χ2n) is 8.73. The lowest BCUT2D eigenvalue weighted by atomic mass is 9.69. The molecule has 3 aliphatic rings. The lowest BCUT2D eigenvalue weighted by Gasteiger charge is -2.49. The Kier molecular flexibility index (Phi) is 4.68. The molecule has 3 fully saturated rings. The highest BCUT2D eigenvalue weighted by molar-refractivity contribution is 5.78. The van der Waals surface area contributed by atoms with Crippen molar-refractivity contribution < 1.29 is 9.18 Å². The average molecular weight is 359 g/mol. The maximum Gasteiger partial charge on any atom is 0.318 e. The van der Waals surface area contributed by atoms with Crippen LogP contribution in [0.5, 0.6) is 0 Å². The maximum atomic E-state index is 13.9. The number of hydrogen-bond acceptors (Lipinski definition) is 2. The predicted octanol–water partition coefficient (Wildman–Crippen LogP) is 3.59. The van der Waals surface area contributed by atoms with Crippen LogP contribution in [0, 0.1) is 11.7 Å². The average Bonchev–Trinajstić information content (AvgIpc) is 2.86. The third kappa shape index (κ3) is 3.11. The predicted molar refractivity (Wildman–Crippen MR) is 101 cm³/mol. The second kappa shape index (κ2) is 6.84. The third-order valence-electron chi connectivity index (χ3n) is 6.96. The SMILES string of the molecule is CN(C)[C@@H]1CC[C@@]2(CNC(=O)N2CC2CCC2)CC1c1cccc(F)c1. The summed E-state index contributed by atoms with van der Waals surface area (Å²) in [6, 6.07) is 7.52. The van der Waals surface area contributed by atoms with Gasteiger partial charge in [0.05, 0.1) is 5.54 Å². The Balaban J connectivity index is 1.62. The van der Waals surface area contributed by atoms with Gasteiger partial charge in [0.1, 0.15) is 5.82 Å². The summed E-state index contributed by atoms with van der Waals surface area (Å²) in [5.74, 6) is 0.729. The zero-order valence-corrected chi connectivity index (χ0v) is 15.9.